The zero-order chi connectivity index (χ0) is 23.5. The Morgan fingerprint density at radius 3 is 2.31 bits per heavy atom. The molecule has 3 rings (SSSR count). The number of nitrogens with zero attached hydrogens (tertiary/aromatic N) is 3. The van der Waals surface area contributed by atoms with Gasteiger partial charge in [0.2, 0.25) is 0 Å². The molecule has 0 saturated carbocycles. The van der Waals surface area contributed by atoms with Gasteiger partial charge in [0.1, 0.15) is 11.8 Å². The molecule has 1 aromatic carbocycles. The van der Waals surface area contributed by atoms with E-state index in [4.69, 9.17) is 4.74 Å². The molecule has 1 fully saturated rings. The van der Waals surface area contributed by atoms with Crippen LogP contribution in [0.4, 0.5) is 4.79 Å². The van der Waals surface area contributed by atoms with Gasteiger partial charge in [0.15, 0.2) is 9.84 Å². The molecule has 32 heavy (non-hydrogen) atoms. The van der Waals surface area contributed by atoms with Gasteiger partial charge in [-0.25, -0.2) is 18.0 Å². The molecule has 0 aromatic heterocycles. The quantitative estimate of drug-likeness (QED) is 0.601. The molecule has 1 saturated heterocycles. The second kappa shape index (κ2) is 9.61. The number of hydrogen-bond acceptors (Lipinski definition) is 8. The largest absolute Gasteiger partial charge is 0.480 e. The molecule has 2 heterocycles. The minimum Gasteiger partial charge on any atom is -0.480 e. The molecule has 0 unspecified atom stereocenters. The molecule has 0 aliphatic carbocycles. The Hall–Kier alpha value is -3.05. The summed E-state index contributed by atoms with van der Waals surface area (Å²) in [6.07, 6.45) is -0.298. The van der Waals surface area contributed by atoms with Crippen LogP contribution in [0.15, 0.2) is 46.5 Å². The lowest BCUT2D eigenvalue weighted by Crippen LogP contribution is -2.48. The van der Waals surface area contributed by atoms with Crippen LogP contribution < -0.4 is 10.1 Å². The van der Waals surface area contributed by atoms with Gasteiger partial charge in [0.05, 0.1) is 22.2 Å². The van der Waals surface area contributed by atoms with Crippen LogP contribution in [0.2, 0.25) is 0 Å². The molecular weight excluding hydrogens is 436 g/mol. The first-order valence-corrected chi connectivity index (χ1v) is 11.7. The van der Waals surface area contributed by atoms with E-state index in [9.17, 15) is 23.1 Å². The molecule has 10 nitrogen and oxygen atoms in total. The SMILES string of the molecule is CN1CCN(C(=O)Oc2ccc(C[C@H](NC3=CS(=O)(=O)C=C3N(C)C)C(=O)O)cc2)CC1. The van der Waals surface area contributed by atoms with Crippen molar-refractivity contribution in [2.24, 2.45) is 0 Å². The first kappa shape index (κ1) is 23.6. The summed E-state index contributed by atoms with van der Waals surface area (Å²) in [5.74, 6) is -0.737. The van der Waals surface area contributed by atoms with Crippen LogP contribution in [-0.4, -0.2) is 93.7 Å². The van der Waals surface area contributed by atoms with E-state index >= 15 is 0 Å². The van der Waals surface area contributed by atoms with Crippen LogP contribution >= 0.6 is 0 Å². The number of hydrogen-bond donors (Lipinski definition) is 2. The van der Waals surface area contributed by atoms with E-state index in [0.29, 0.717) is 30.1 Å². The van der Waals surface area contributed by atoms with Crippen molar-refractivity contribution in [2.45, 2.75) is 12.5 Å². The summed E-state index contributed by atoms with van der Waals surface area (Å²) >= 11 is 0. The number of rotatable bonds is 7. The van der Waals surface area contributed by atoms with Crippen LogP contribution in [0.1, 0.15) is 5.56 Å². The van der Waals surface area contributed by atoms with Gasteiger partial charge in [-0.15, -0.1) is 0 Å². The summed E-state index contributed by atoms with van der Waals surface area (Å²) in [5, 5.41) is 14.6. The Morgan fingerprint density at radius 2 is 1.75 bits per heavy atom. The fourth-order valence-electron chi connectivity index (χ4n) is 3.40. The highest BCUT2D eigenvalue weighted by Crippen LogP contribution is 2.23. The van der Waals surface area contributed by atoms with Gasteiger partial charge in [0, 0.05) is 46.7 Å². The van der Waals surface area contributed by atoms with Crippen LogP contribution in [-0.2, 0) is 21.1 Å². The summed E-state index contributed by atoms with van der Waals surface area (Å²) in [6.45, 7) is 2.79. The van der Waals surface area contributed by atoms with Crippen LogP contribution in [0, 0.1) is 0 Å². The van der Waals surface area contributed by atoms with E-state index in [2.05, 4.69) is 10.2 Å². The van der Waals surface area contributed by atoms with E-state index in [-0.39, 0.29) is 12.1 Å². The molecule has 2 aliphatic rings. The molecule has 1 amide bonds. The first-order chi connectivity index (χ1) is 15.0. The van der Waals surface area contributed by atoms with Gasteiger partial charge in [-0.2, -0.15) is 0 Å². The number of aliphatic carboxylic acids is 1. The third-order valence-corrected chi connectivity index (χ3v) is 6.39. The van der Waals surface area contributed by atoms with Crippen molar-refractivity contribution in [3.8, 4) is 5.75 Å². The Morgan fingerprint density at radius 1 is 1.12 bits per heavy atom. The number of piperazine rings is 1. The Labute approximate surface area is 187 Å². The number of carbonyl (C=O) groups excluding carboxylic acids is 1. The van der Waals surface area contributed by atoms with Crippen molar-refractivity contribution in [2.75, 3.05) is 47.3 Å². The third-order valence-electron chi connectivity index (χ3n) is 5.27. The zero-order valence-electron chi connectivity index (χ0n) is 18.3. The van der Waals surface area contributed by atoms with Gasteiger partial charge in [-0.1, -0.05) is 12.1 Å². The van der Waals surface area contributed by atoms with Gasteiger partial charge >= 0.3 is 12.1 Å². The number of carboxylic acid groups (broad SMARTS) is 1. The van der Waals surface area contributed by atoms with Crippen molar-refractivity contribution in [3.05, 3.63) is 52.0 Å². The number of carboxylic acids is 1. The van der Waals surface area contributed by atoms with Crippen molar-refractivity contribution in [1.82, 2.24) is 20.0 Å². The van der Waals surface area contributed by atoms with Crippen molar-refractivity contribution < 1.29 is 27.9 Å². The van der Waals surface area contributed by atoms with Crippen LogP contribution in [0.25, 0.3) is 0 Å². The molecular formula is C21H28N4O6S. The standard InChI is InChI=1S/C21H28N4O6S/c1-23(2)19-14-32(29,30)13-18(19)22-17(20(26)27)12-15-4-6-16(7-5-15)31-21(28)25-10-8-24(3)9-11-25/h4-7,13-14,17,22H,8-12H2,1-3H3,(H,26,27)/t17-/m0/s1. The molecule has 0 spiro atoms. The number of benzene rings is 1. The predicted octanol–water partition coefficient (Wildman–Crippen LogP) is 0.691. The molecule has 1 atom stereocenters. The van der Waals surface area contributed by atoms with Crippen molar-refractivity contribution in [3.63, 3.8) is 0 Å². The smallest absolute Gasteiger partial charge is 0.415 e. The number of likely N-dealkylation sites (N-methyl/N-ethyl adjacent to an activating group) is 2. The molecule has 0 radical (unpaired) electrons. The Balaban J connectivity index is 1.63. The zero-order valence-corrected chi connectivity index (χ0v) is 19.1. The van der Waals surface area contributed by atoms with Gasteiger partial charge in [-0.05, 0) is 24.7 Å². The van der Waals surface area contributed by atoms with Crippen LogP contribution in [0.5, 0.6) is 5.75 Å². The second-order valence-electron chi connectivity index (χ2n) is 8.06. The minimum atomic E-state index is -3.54. The van der Waals surface area contributed by atoms with Crippen molar-refractivity contribution in [1.29, 1.82) is 0 Å². The maximum Gasteiger partial charge on any atom is 0.415 e. The molecule has 0 bridgehead atoms. The van der Waals surface area contributed by atoms with Crippen LogP contribution in [0.3, 0.4) is 0 Å². The highest BCUT2D eigenvalue weighted by molar-refractivity contribution is 7.97. The van der Waals surface area contributed by atoms with Gasteiger partial charge < -0.3 is 29.9 Å². The fraction of sp³-hybridized carbons (Fsp3) is 0.429. The first-order valence-electron chi connectivity index (χ1n) is 10.1. The normalized spacial score (nSPS) is 19.0. The topological polar surface area (TPSA) is 119 Å². The molecule has 2 aliphatic heterocycles. The minimum absolute atomic E-state index is 0.111. The molecule has 2 N–H and O–H groups in total. The summed E-state index contributed by atoms with van der Waals surface area (Å²) < 4.78 is 29.2. The summed E-state index contributed by atoms with van der Waals surface area (Å²) in [7, 11) is 1.82. The average molecular weight is 465 g/mol. The highest BCUT2D eigenvalue weighted by Gasteiger charge is 2.27. The van der Waals surface area contributed by atoms with Gasteiger partial charge in [-0.3, -0.25) is 0 Å². The number of sulfone groups is 1. The Bertz CT molecular complexity index is 1020. The van der Waals surface area contributed by atoms with E-state index < -0.39 is 27.9 Å². The van der Waals surface area contributed by atoms with Gasteiger partial charge in [0.25, 0.3) is 0 Å². The van der Waals surface area contributed by atoms with E-state index in [1.807, 2.05) is 7.05 Å². The highest BCUT2D eigenvalue weighted by atomic mass is 32.2. The number of amides is 1. The number of nitrogens with one attached hydrogen (secondary N) is 1. The maximum atomic E-state index is 12.3. The lowest BCUT2D eigenvalue weighted by molar-refractivity contribution is -0.139. The van der Waals surface area contributed by atoms with Crippen molar-refractivity contribution >= 4 is 21.9 Å². The monoisotopic (exact) mass is 464 g/mol. The fourth-order valence-corrected chi connectivity index (χ4v) is 4.64. The average Bonchev–Trinajstić information content (AvgIpc) is 3.03. The van der Waals surface area contributed by atoms with E-state index in [1.54, 1.807) is 48.2 Å². The third kappa shape index (κ3) is 6.01. The van der Waals surface area contributed by atoms with E-state index in [1.165, 1.54) is 0 Å². The maximum absolute atomic E-state index is 12.3. The molecule has 174 valence electrons. The summed E-state index contributed by atoms with van der Waals surface area (Å²) in [4.78, 5) is 29.5. The number of ether oxygens (including phenoxy) is 1. The summed E-state index contributed by atoms with van der Waals surface area (Å²) in [5.41, 5.74) is 1.32. The molecule has 1 aromatic rings. The number of carbonyl (C=O) groups is 2. The van der Waals surface area contributed by atoms with E-state index in [0.717, 1.165) is 23.9 Å². The Kier molecular flexibility index (Phi) is 7.09. The lowest BCUT2D eigenvalue weighted by atomic mass is 10.1. The molecule has 11 heteroatoms. The second-order valence-corrected chi connectivity index (χ2v) is 9.71. The lowest BCUT2D eigenvalue weighted by Gasteiger charge is -2.31. The summed E-state index contributed by atoms with van der Waals surface area (Å²) in [6, 6.07) is 5.57. The predicted molar refractivity (Wildman–Crippen MR) is 119 cm³/mol.